The Kier molecular flexibility index (Phi) is 2.79. The zero-order valence-electron chi connectivity index (χ0n) is 8.44. The summed E-state index contributed by atoms with van der Waals surface area (Å²) in [5, 5.41) is 2.97. The number of hydrogen-bond acceptors (Lipinski definition) is 3. The maximum Gasteiger partial charge on any atom is 0.282 e. The lowest BCUT2D eigenvalue weighted by Crippen LogP contribution is -2.37. The molecule has 0 spiro atoms. The Bertz CT molecular complexity index is 300. The fourth-order valence-electron chi connectivity index (χ4n) is 1.79. The van der Waals surface area contributed by atoms with Crippen molar-refractivity contribution >= 4 is 10.2 Å². The van der Waals surface area contributed by atoms with Gasteiger partial charge in [0.25, 0.3) is 10.2 Å². The Labute approximate surface area is 85.2 Å². The zero-order chi connectivity index (χ0) is 10.2. The highest BCUT2D eigenvalue weighted by molar-refractivity contribution is 7.87. The molecule has 1 saturated heterocycles. The number of nitrogens with zero attached hydrogens (tertiary/aromatic N) is 2. The van der Waals surface area contributed by atoms with Gasteiger partial charge < -0.3 is 5.32 Å². The van der Waals surface area contributed by atoms with Gasteiger partial charge in [0.15, 0.2) is 0 Å². The molecule has 1 aliphatic heterocycles. The molecule has 1 aliphatic carbocycles. The van der Waals surface area contributed by atoms with Crippen molar-refractivity contribution in [1.29, 1.82) is 0 Å². The lowest BCUT2D eigenvalue weighted by molar-refractivity contribution is 0.437. The summed E-state index contributed by atoms with van der Waals surface area (Å²) < 4.78 is 27.0. The lowest BCUT2D eigenvalue weighted by atomic mass is 10.5. The average molecular weight is 219 g/mol. The van der Waals surface area contributed by atoms with Gasteiger partial charge in [-0.05, 0) is 19.9 Å². The third-order valence-corrected chi connectivity index (χ3v) is 4.85. The normalized spacial score (nSPS) is 28.4. The molecule has 2 rings (SSSR count). The molecule has 0 radical (unpaired) electrons. The summed E-state index contributed by atoms with van der Waals surface area (Å²) in [7, 11) is -1.28. The molecule has 0 amide bonds. The van der Waals surface area contributed by atoms with Crippen molar-refractivity contribution in [2.45, 2.75) is 18.9 Å². The van der Waals surface area contributed by atoms with Crippen molar-refractivity contribution in [1.82, 2.24) is 13.9 Å². The topological polar surface area (TPSA) is 52.6 Å². The highest BCUT2D eigenvalue weighted by atomic mass is 32.2. The molecule has 2 aliphatic rings. The van der Waals surface area contributed by atoms with Crippen LogP contribution in [-0.4, -0.2) is 56.3 Å². The SMILES string of the molecule is CNCCN1CCN(C2CC2)S1(=O)=O. The van der Waals surface area contributed by atoms with E-state index in [0.717, 1.165) is 19.4 Å². The van der Waals surface area contributed by atoms with E-state index in [1.54, 1.807) is 8.61 Å². The zero-order valence-corrected chi connectivity index (χ0v) is 9.26. The predicted molar refractivity (Wildman–Crippen MR) is 54.1 cm³/mol. The number of likely N-dealkylation sites (N-methyl/N-ethyl adjacent to an activating group) is 1. The monoisotopic (exact) mass is 219 g/mol. The second-order valence-electron chi connectivity index (χ2n) is 3.85. The smallest absolute Gasteiger partial charge is 0.282 e. The summed E-state index contributed by atoms with van der Waals surface area (Å²) in [6.45, 7) is 2.64. The first-order chi connectivity index (χ1) is 6.66. The molecule has 0 aromatic rings. The third-order valence-electron chi connectivity index (χ3n) is 2.76. The molecule has 0 atom stereocenters. The molecule has 0 bridgehead atoms. The molecule has 6 heteroatoms. The van der Waals surface area contributed by atoms with E-state index in [1.165, 1.54) is 0 Å². The first kappa shape index (κ1) is 10.4. The summed E-state index contributed by atoms with van der Waals surface area (Å²) >= 11 is 0. The molecular formula is C8H17N3O2S. The van der Waals surface area contributed by atoms with Crippen LogP contribution >= 0.6 is 0 Å². The largest absolute Gasteiger partial charge is 0.318 e. The van der Waals surface area contributed by atoms with Gasteiger partial charge in [0.1, 0.15) is 0 Å². The minimum Gasteiger partial charge on any atom is -0.318 e. The van der Waals surface area contributed by atoms with E-state index >= 15 is 0 Å². The van der Waals surface area contributed by atoms with E-state index in [0.29, 0.717) is 25.7 Å². The minimum atomic E-state index is -3.11. The van der Waals surface area contributed by atoms with Gasteiger partial charge in [-0.25, -0.2) is 0 Å². The van der Waals surface area contributed by atoms with Crippen molar-refractivity contribution in [2.75, 3.05) is 33.2 Å². The third kappa shape index (κ3) is 1.79. The Balaban J connectivity index is 2.01. The maximum absolute atomic E-state index is 11.9. The second-order valence-corrected chi connectivity index (χ2v) is 5.73. The Morgan fingerprint density at radius 3 is 2.64 bits per heavy atom. The minimum absolute atomic E-state index is 0.305. The van der Waals surface area contributed by atoms with Crippen molar-refractivity contribution in [3.63, 3.8) is 0 Å². The van der Waals surface area contributed by atoms with E-state index in [9.17, 15) is 8.42 Å². The van der Waals surface area contributed by atoms with Crippen LogP contribution in [-0.2, 0) is 10.2 Å². The highest BCUT2D eigenvalue weighted by Crippen LogP contribution is 2.32. The fraction of sp³-hybridized carbons (Fsp3) is 1.00. The van der Waals surface area contributed by atoms with E-state index < -0.39 is 10.2 Å². The Morgan fingerprint density at radius 1 is 1.36 bits per heavy atom. The Hall–Kier alpha value is -0.170. The van der Waals surface area contributed by atoms with Crippen molar-refractivity contribution < 1.29 is 8.42 Å². The van der Waals surface area contributed by atoms with Gasteiger partial charge in [0.2, 0.25) is 0 Å². The van der Waals surface area contributed by atoms with E-state index in [-0.39, 0.29) is 0 Å². The van der Waals surface area contributed by atoms with Gasteiger partial charge in [-0.2, -0.15) is 17.0 Å². The first-order valence-corrected chi connectivity index (χ1v) is 6.47. The van der Waals surface area contributed by atoms with E-state index in [1.807, 2.05) is 7.05 Å². The maximum atomic E-state index is 11.9. The van der Waals surface area contributed by atoms with Crippen LogP contribution in [0, 0.1) is 0 Å². The molecule has 0 unspecified atom stereocenters. The van der Waals surface area contributed by atoms with Crippen LogP contribution in [0.5, 0.6) is 0 Å². The molecule has 82 valence electrons. The fourth-order valence-corrected chi connectivity index (χ4v) is 3.62. The van der Waals surface area contributed by atoms with Gasteiger partial charge >= 0.3 is 0 Å². The van der Waals surface area contributed by atoms with Gasteiger partial charge in [-0.1, -0.05) is 0 Å². The standard InChI is InChI=1S/C8H17N3O2S/c1-9-4-5-10-6-7-11(8-2-3-8)14(10,12)13/h8-9H,2-7H2,1H3. The van der Waals surface area contributed by atoms with Gasteiger partial charge in [-0.3, -0.25) is 0 Å². The summed E-state index contributed by atoms with van der Waals surface area (Å²) in [4.78, 5) is 0. The number of nitrogens with one attached hydrogen (secondary N) is 1. The second kappa shape index (κ2) is 3.77. The first-order valence-electron chi connectivity index (χ1n) is 5.08. The molecule has 1 saturated carbocycles. The van der Waals surface area contributed by atoms with Crippen LogP contribution in [0.2, 0.25) is 0 Å². The average Bonchev–Trinajstić information content (AvgIpc) is 2.90. The summed E-state index contributed by atoms with van der Waals surface area (Å²) in [5.41, 5.74) is 0. The van der Waals surface area contributed by atoms with Crippen LogP contribution in [0.1, 0.15) is 12.8 Å². The molecule has 1 heterocycles. The van der Waals surface area contributed by atoms with Gasteiger partial charge in [0, 0.05) is 32.2 Å². The quantitative estimate of drug-likeness (QED) is 0.675. The van der Waals surface area contributed by atoms with Crippen LogP contribution < -0.4 is 5.32 Å². The van der Waals surface area contributed by atoms with Crippen molar-refractivity contribution in [3.05, 3.63) is 0 Å². The summed E-state index contributed by atoms with van der Waals surface area (Å²) in [5.74, 6) is 0. The van der Waals surface area contributed by atoms with Crippen LogP contribution in [0.3, 0.4) is 0 Å². The molecular weight excluding hydrogens is 202 g/mol. The van der Waals surface area contributed by atoms with Gasteiger partial charge in [-0.15, -0.1) is 0 Å². The molecule has 14 heavy (non-hydrogen) atoms. The van der Waals surface area contributed by atoms with Crippen molar-refractivity contribution in [3.8, 4) is 0 Å². The molecule has 0 aromatic heterocycles. The van der Waals surface area contributed by atoms with E-state index in [2.05, 4.69) is 5.32 Å². The van der Waals surface area contributed by atoms with Crippen LogP contribution in [0.15, 0.2) is 0 Å². The number of hydrogen-bond donors (Lipinski definition) is 1. The van der Waals surface area contributed by atoms with Crippen molar-refractivity contribution in [2.24, 2.45) is 0 Å². The van der Waals surface area contributed by atoms with Crippen LogP contribution in [0.4, 0.5) is 0 Å². The molecule has 1 N–H and O–H groups in total. The molecule has 2 fully saturated rings. The Morgan fingerprint density at radius 2 is 2.07 bits per heavy atom. The molecule has 5 nitrogen and oxygen atoms in total. The summed E-state index contributed by atoms with van der Waals surface area (Å²) in [6.07, 6.45) is 2.08. The number of rotatable bonds is 4. The van der Waals surface area contributed by atoms with Crippen LogP contribution in [0.25, 0.3) is 0 Å². The molecule has 0 aromatic carbocycles. The van der Waals surface area contributed by atoms with E-state index in [4.69, 9.17) is 0 Å². The lowest BCUT2D eigenvalue weighted by Gasteiger charge is -2.17. The summed E-state index contributed by atoms with van der Waals surface area (Å²) in [6, 6.07) is 0.305. The predicted octanol–water partition coefficient (Wildman–Crippen LogP) is -0.769. The van der Waals surface area contributed by atoms with Gasteiger partial charge in [0.05, 0.1) is 0 Å². The highest BCUT2D eigenvalue weighted by Gasteiger charge is 2.44.